The number of anilines is 1. The van der Waals surface area contributed by atoms with Crippen LogP contribution in [0.4, 0.5) is 5.69 Å². The number of aryl methyl sites for hydroxylation is 2. The van der Waals surface area contributed by atoms with Crippen molar-refractivity contribution in [3.8, 4) is 11.6 Å². The number of nitrogens with zero attached hydrogens (tertiary/aromatic N) is 2. The zero-order valence-corrected chi connectivity index (χ0v) is 12.2. The van der Waals surface area contributed by atoms with Crippen molar-refractivity contribution in [2.24, 2.45) is 7.05 Å². The average molecular weight is 275 g/mol. The van der Waals surface area contributed by atoms with Crippen molar-refractivity contribution < 1.29 is 9.47 Å². The van der Waals surface area contributed by atoms with Gasteiger partial charge < -0.3 is 15.2 Å². The summed E-state index contributed by atoms with van der Waals surface area (Å²) in [5.41, 5.74) is 8.64. The maximum Gasteiger partial charge on any atom is 0.236 e. The summed E-state index contributed by atoms with van der Waals surface area (Å²) in [6.07, 6.45) is 1.87. The number of hydrogen-bond acceptors (Lipinski definition) is 4. The van der Waals surface area contributed by atoms with E-state index in [0.29, 0.717) is 18.2 Å². The van der Waals surface area contributed by atoms with Gasteiger partial charge in [0, 0.05) is 7.05 Å². The van der Waals surface area contributed by atoms with Crippen molar-refractivity contribution in [2.75, 3.05) is 12.8 Å². The second-order valence-electron chi connectivity index (χ2n) is 4.68. The third-order valence-electron chi connectivity index (χ3n) is 3.10. The molecule has 2 N–H and O–H groups in total. The molecule has 108 valence electrons. The lowest BCUT2D eigenvalue weighted by Crippen LogP contribution is -2.02. The summed E-state index contributed by atoms with van der Waals surface area (Å²) in [7, 11) is 3.49. The fourth-order valence-electron chi connectivity index (χ4n) is 2.08. The monoisotopic (exact) mass is 275 g/mol. The first-order valence-electron chi connectivity index (χ1n) is 6.72. The fourth-order valence-corrected chi connectivity index (χ4v) is 2.08. The molecule has 2 rings (SSSR count). The van der Waals surface area contributed by atoms with E-state index in [1.807, 2.05) is 31.3 Å². The normalized spacial score (nSPS) is 10.6. The molecule has 0 bridgehead atoms. The minimum absolute atomic E-state index is 0.437. The number of nitrogens with two attached hydrogens (primary N) is 1. The van der Waals surface area contributed by atoms with Gasteiger partial charge in [-0.15, -0.1) is 0 Å². The number of nitrogen functional groups attached to an aromatic ring is 1. The van der Waals surface area contributed by atoms with Crippen molar-refractivity contribution in [3.63, 3.8) is 0 Å². The number of rotatable bonds is 6. The quantitative estimate of drug-likeness (QED) is 0.880. The van der Waals surface area contributed by atoms with E-state index in [0.717, 1.165) is 29.8 Å². The second-order valence-corrected chi connectivity index (χ2v) is 4.68. The van der Waals surface area contributed by atoms with Crippen molar-refractivity contribution >= 4 is 5.69 Å². The first-order valence-corrected chi connectivity index (χ1v) is 6.72. The Balaban J connectivity index is 2.10. The Hall–Kier alpha value is -2.17. The largest absolute Gasteiger partial charge is 0.497 e. The van der Waals surface area contributed by atoms with Gasteiger partial charge in [0.1, 0.15) is 18.0 Å². The van der Waals surface area contributed by atoms with Crippen LogP contribution in [0.5, 0.6) is 11.6 Å². The molecule has 20 heavy (non-hydrogen) atoms. The lowest BCUT2D eigenvalue weighted by atomic mass is 10.2. The second kappa shape index (κ2) is 6.32. The predicted octanol–water partition coefficient (Wildman–Crippen LogP) is 2.54. The smallest absolute Gasteiger partial charge is 0.236 e. The van der Waals surface area contributed by atoms with Gasteiger partial charge in [-0.05, 0) is 24.1 Å². The molecule has 5 nitrogen and oxygen atoms in total. The van der Waals surface area contributed by atoms with E-state index in [1.54, 1.807) is 11.8 Å². The van der Waals surface area contributed by atoms with Gasteiger partial charge in [-0.1, -0.05) is 25.5 Å². The molecule has 0 unspecified atom stereocenters. The molecule has 0 saturated heterocycles. The third kappa shape index (κ3) is 3.04. The fraction of sp³-hybridized carbons (Fsp3) is 0.400. The molecule has 0 aliphatic heterocycles. The molecule has 0 atom stereocenters. The van der Waals surface area contributed by atoms with Crippen LogP contribution in [-0.2, 0) is 20.1 Å². The molecule has 0 fully saturated rings. The van der Waals surface area contributed by atoms with Crippen LogP contribution in [0, 0.1) is 0 Å². The lowest BCUT2D eigenvalue weighted by Gasteiger charge is -2.08. The summed E-state index contributed by atoms with van der Waals surface area (Å²) in [6.45, 7) is 2.54. The van der Waals surface area contributed by atoms with E-state index in [4.69, 9.17) is 15.2 Å². The highest BCUT2D eigenvalue weighted by Gasteiger charge is 2.14. The van der Waals surface area contributed by atoms with Gasteiger partial charge in [0.15, 0.2) is 0 Å². The molecule has 0 radical (unpaired) electrons. The molecule has 0 aliphatic rings. The van der Waals surface area contributed by atoms with Crippen LogP contribution in [0.1, 0.15) is 24.6 Å². The van der Waals surface area contributed by atoms with Crippen molar-refractivity contribution in [1.29, 1.82) is 0 Å². The van der Waals surface area contributed by atoms with Gasteiger partial charge in [-0.2, -0.15) is 5.10 Å². The maximum absolute atomic E-state index is 6.08. The number of ether oxygens (including phenoxy) is 2. The SMILES string of the molecule is CCCc1nn(C)c(OCc2cccc(OC)c2)c1N. The van der Waals surface area contributed by atoms with Crippen LogP contribution < -0.4 is 15.2 Å². The molecule has 0 spiro atoms. The number of methoxy groups -OCH3 is 1. The van der Waals surface area contributed by atoms with Crippen LogP contribution in [0.15, 0.2) is 24.3 Å². The van der Waals surface area contributed by atoms with Crippen molar-refractivity contribution in [1.82, 2.24) is 9.78 Å². The molecule has 2 aromatic rings. The molecule has 0 saturated carbocycles. The Morgan fingerprint density at radius 3 is 2.85 bits per heavy atom. The molecule has 0 aliphatic carbocycles. The van der Waals surface area contributed by atoms with E-state index in [1.165, 1.54) is 0 Å². The molecule has 1 heterocycles. The highest BCUT2D eigenvalue weighted by molar-refractivity contribution is 5.53. The van der Waals surface area contributed by atoms with E-state index in [9.17, 15) is 0 Å². The topological polar surface area (TPSA) is 62.3 Å². The van der Waals surface area contributed by atoms with E-state index in [2.05, 4.69) is 12.0 Å². The molecule has 5 heteroatoms. The van der Waals surface area contributed by atoms with Gasteiger partial charge in [0.25, 0.3) is 0 Å². The third-order valence-corrected chi connectivity index (χ3v) is 3.10. The highest BCUT2D eigenvalue weighted by Crippen LogP contribution is 2.26. The summed E-state index contributed by atoms with van der Waals surface area (Å²) >= 11 is 0. The Morgan fingerprint density at radius 2 is 2.15 bits per heavy atom. The van der Waals surface area contributed by atoms with E-state index in [-0.39, 0.29) is 0 Å². The van der Waals surface area contributed by atoms with Gasteiger partial charge >= 0.3 is 0 Å². The number of hydrogen-bond donors (Lipinski definition) is 1. The van der Waals surface area contributed by atoms with Crippen LogP contribution in [-0.4, -0.2) is 16.9 Å². The van der Waals surface area contributed by atoms with Crippen molar-refractivity contribution in [3.05, 3.63) is 35.5 Å². The molecule has 1 aromatic heterocycles. The maximum atomic E-state index is 6.08. The van der Waals surface area contributed by atoms with Crippen LogP contribution in [0.2, 0.25) is 0 Å². The summed E-state index contributed by atoms with van der Waals surface area (Å²) in [5.74, 6) is 1.44. The van der Waals surface area contributed by atoms with Crippen molar-refractivity contribution in [2.45, 2.75) is 26.4 Å². The van der Waals surface area contributed by atoms with Crippen LogP contribution >= 0.6 is 0 Å². The summed E-state index contributed by atoms with van der Waals surface area (Å²) in [4.78, 5) is 0. The number of aromatic nitrogens is 2. The minimum Gasteiger partial charge on any atom is -0.497 e. The Labute approximate surface area is 119 Å². The van der Waals surface area contributed by atoms with E-state index < -0.39 is 0 Å². The zero-order chi connectivity index (χ0) is 14.5. The van der Waals surface area contributed by atoms with Gasteiger partial charge in [-0.3, -0.25) is 0 Å². The van der Waals surface area contributed by atoms with Gasteiger partial charge in [0.05, 0.1) is 12.8 Å². The molecular weight excluding hydrogens is 254 g/mol. The van der Waals surface area contributed by atoms with Crippen LogP contribution in [0.3, 0.4) is 0 Å². The van der Waals surface area contributed by atoms with Crippen LogP contribution in [0.25, 0.3) is 0 Å². The zero-order valence-electron chi connectivity index (χ0n) is 12.2. The Kier molecular flexibility index (Phi) is 4.50. The van der Waals surface area contributed by atoms with Gasteiger partial charge in [-0.25, -0.2) is 4.68 Å². The summed E-state index contributed by atoms with van der Waals surface area (Å²) in [5, 5.41) is 4.39. The lowest BCUT2D eigenvalue weighted by molar-refractivity contribution is 0.279. The van der Waals surface area contributed by atoms with Gasteiger partial charge in [0.2, 0.25) is 5.88 Å². The summed E-state index contributed by atoms with van der Waals surface area (Å²) in [6, 6.07) is 7.77. The Morgan fingerprint density at radius 1 is 1.35 bits per heavy atom. The Bertz CT molecular complexity index is 578. The minimum atomic E-state index is 0.437. The number of benzene rings is 1. The molecular formula is C15H21N3O2. The molecule has 1 aromatic carbocycles. The molecule has 0 amide bonds. The predicted molar refractivity (Wildman–Crippen MR) is 78.9 cm³/mol. The van der Waals surface area contributed by atoms with E-state index >= 15 is 0 Å². The first kappa shape index (κ1) is 14.2. The standard InChI is InChI=1S/C15H21N3O2/c1-4-6-13-14(16)15(18(2)17-13)20-10-11-7-5-8-12(9-11)19-3/h5,7-9H,4,6,10,16H2,1-3H3. The average Bonchev–Trinajstić information content (AvgIpc) is 2.72. The first-order chi connectivity index (χ1) is 9.65. The highest BCUT2D eigenvalue weighted by atomic mass is 16.5. The summed E-state index contributed by atoms with van der Waals surface area (Å²) < 4.78 is 12.7.